The minimum Gasteiger partial charge on any atom is -0.497 e. The molecule has 0 saturated heterocycles. The smallest absolute Gasteiger partial charge is 0.121 e. The second-order valence-corrected chi connectivity index (χ2v) is 4.65. The van der Waals surface area contributed by atoms with Crippen LogP contribution in [0.4, 0.5) is 5.69 Å². The summed E-state index contributed by atoms with van der Waals surface area (Å²) in [4.78, 5) is 1.18. The molecule has 0 unspecified atom stereocenters. The SMILES string of the molecule is COc1cc(SC)c2c(N)csc2c1. The van der Waals surface area contributed by atoms with Gasteiger partial charge in [-0.3, -0.25) is 0 Å². The first-order valence-corrected chi connectivity index (χ1v) is 6.25. The van der Waals surface area contributed by atoms with Crippen molar-refractivity contribution in [2.24, 2.45) is 0 Å². The van der Waals surface area contributed by atoms with Crippen molar-refractivity contribution in [1.29, 1.82) is 0 Å². The molecular formula is C10H11NOS2. The molecule has 0 atom stereocenters. The molecule has 0 fully saturated rings. The van der Waals surface area contributed by atoms with Gasteiger partial charge in [0.15, 0.2) is 0 Å². The molecule has 1 aromatic carbocycles. The Labute approximate surface area is 91.1 Å². The van der Waals surface area contributed by atoms with Gasteiger partial charge in [0.2, 0.25) is 0 Å². The van der Waals surface area contributed by atoms with Gasteiger partial charge in [0, 0.05) is 20.4 Å². The maximum Gasteiger partial charge on any atom is 0.121 e. The van der Waals surface area contributed by atoms with Crippen molar-refractivity contribution in [2.75, 3.05) is 19.1 Å². The van der Waals surface area contributed by atoms with Gasteiger partial charge in [-0.05, 0) is 18.4 Å². The topological polar surface area (TPSA) is 35.2 Å². The average Bonchev–Trinajstić information content (AvgIpc) is 2.59. The quantitative estimate of drug-likeness (QED) is 0.797. The van der Waals surface area contributed by atoms with E-state index in [9.17, 15) is 0 Å². The molecule has 0 aliphatic heterocycles. The minimum absolute atomic E-state index is 0.858. The molecule has 4 heteroatoms. The minimum atomic E-state index is 0.858. The lowest BCUT2D eigenvalue weighted by Crippen LogP contribution is -1.86. The summed E-state index contributed by atoms with van der Waals surface area (Å²) in [7, 11) is 1.68. The van der Waals surface area contributed by atoms with E-state index in [4.69, 9.17) is 10.5 Å². The summed E-state index contributed by atoms with van der Waals surface area (Å²) >= 11 is 3.35. The van der Waals surface area contributed by atoms with Crippen molar-refractivity contribution < 1.29 is 4.74 Å². The number of nitrogen functional groups attached to an aromatic ring is 1. The zero-order valence-corrected chi connectivity index (χ0v) is 9.67. The van der Waals surface area contributed by atoms with E-state index in [2.05, 4.69) is 0 Å². The maximum absolute atomic E-state index is 5.90. The number of benzene rings is 1. The number of anilines is 1. The largest absolute Gasteiger partial charge is 0.497 e. The predicted octanol–water partition coefficient (Wildman–Crippen LogP) is 3.21. The van der Waals surface area contributed by atoms with Crippen LogP contribution in [-0.2, 0) is 0 Å². The second kappa shape index (κ2) is 3.71. The second-order valence-electron chi connectivity index (χ2n) is 2.89. The Hall–Kier alpha value is -0.870. The fourth-order valence-corrected chi connectivity index (χ4v) is 3.04. The number of ether oxygens (including phenoxy) is 1. The Morgan fingerprint density at radius 2 is 2.21 bits per heavy atom. The first-order chi connectivity index (χ1) is 6.76. The molecule has 74 valence electrons. The lowest BCUT2D eigenvalue weighted by Gasteiger charge is -2.04. The van der Waals surface area contributed by atoms with E-state index < -0.39 is 0 Å². The van der Waals surface area contributed by atoms with Gasteiger partial charge in [0.1, 0.15) is 5.75 Å². The van der Waals surface area contributed by atoms with Crippen LogP contribution in [0.3, 0.4) is 0 Å². The van der Waals surface area contributed by atoms with Crippen LogP contribution in [0.25, 0.3) is 10.1 Å². The Balaban J connectivity index is 2.76. The van der Waals surface area contributed by atoms with Gasteiger partial charge in [-0.15, -0.1) is 23.1 Å². The van der Waals surface area contributed by atoms with E-state index in [0.717, 1.165) is 16.8 Å². The summed E-state index contributed by atoms with van der Waals surface area (Å²) in [6.45, 7) is 0. The van der Waals surface area contributed by atoms with Crippen molar-refractivity contribution in [3.05, 3.63) is 17.5 Å². The highest BCUT2D eigenvalue weighted by Gasteiger charge is 2.08. The van der Waals surface area contributed by atoms with Gasteiger partial charge in [0.25, 0.3) is 0 Å². The summed E-state index contributed by atoms with van der Waals surface area (Å²) in [5.74, 6) is 0.892. The van der Waals surface area contributed by atoms with Gasteiger partial charge in [-0.25, -0.2) is 0 Å². The molecule has 14 heavy (non-hydrogen) atoms. The van der Waals surface area contributed by atoms with E-state index in [1.54, 1.807) is 30.2 Å². The van der Waals surface area contributed by atoms with Crippen molar-refractivity contribution in [2.45, 2.75) is 4.90 Å². The van der Waals surface area contributed by atoms with E-state index in [1.165, 1.54) is 9.60 Å². The number of hydrogen-bond acceptors (Lipinski definition) is 4. The number of thioether (sulfide) groups is 1. The van der Waals surface area contributed by atoms with Crippen molar-refractivity contribution >= 4 is 38.9 Å². The molecule has 0 aliphatic carbocycles. The molecule has 0 spiro atoms. The van der Waals surface area contributed by atoms with Crippen LogP contribution < -0.4 is 10.5 Å². The predicted molar refractivity (Wildman–Crippen MR) is 64.6 cm³/mol. The van der Waals surface area contributed by atoms with Gasteiger partial charge < -0.3 is 10.5 Å². The molecule has 2 nitrogen and oxygen atoms in total. The first kappa shape index (κ1) is 9.68. The highest BCUT2D eigenvalue weighted by atomic mass is 32.2. The Kier molecular flexibility index (Phi) is 2.56. The lowest BCUT2D eigenvalue weighted by molar-refractivity contribution is 0.414. The van der Waals surface area contributed by atoms with Crippen LogP contribution in [0.1, 0.15) is 0 Å². The third-order valence-electron chi connectivity index (χ3n) is 2.10. The summed E-state index contributed by atoms with van der Waals surface area (Å²) in [5.41, 5.74) is 6.76. The Morgan fingerprint density at radius 3 is 2.86 bits per heavy atom. The molecule has 0 radical (unpaired) electrons. The highest BCUT2D eigenvalue weighted by molar-refractivity contribution is 7.98. The number of fused-ring (bicyclic) bond motifs is 1. The number of methoxy groups -OCH3 is 1. The standard InChI is InChI=1S/C10H11NOS2/c1-12-6-3-8(13-2)10-7(11)5-14-9(10)4-6/h3-5H,11H2,1-2H3. The molecule has 1 heterocycles. The number of hydrogen-bond donors (Lipinski definition) is 1. The Bertz CT molecular complexity index is 464. The van der Waals surface area contributed by atoms with E-state index in [0.29, 0.717) is 0 Å². The normalized spacial score (nSPS) is 10.7. The van der Waals surface area contributed by atoms with Gasteiger partial charge >= 0.3 is 0 Å². The van der Waals surface area contributed by atoms with Crippen LogP contribution in [0, 0.1) is 0 Å². The number of rotatable bonds is 2. The van der Waals surface area contributed by atoms with Crippen LogP contribution in [0.5, 0.6) is 5.75 Å². The molecule has 0 saturated carbocycles. The van der Waals surface area contributed by atoms with Crippen molar-refractivity contribution in [3.8, 4) is 5.75 Å². The molecule has 2 N–H and O–H groups in total. The van der Waals surface area contributed by atoms with E-state index in [-0.39, 0.29) is 0 Å². The molecule has 0 amide bonds. The third kappa shape index (κ3) is 1.44. The molecule has 1 aromatic heterocycles. The number of nitrogens with two attached hydrogens (primary N) is 1. The molecule has 2 aromatic rings. The van der Waals surface area contributed by atoms with Gasteiger partial charge in [-0.2, -0.15) is 0 Å². The summed E-state index contributed by atoms with van der Waals surface area (Å²) in [6.07, 6.45) is 2.05. The van der Waals surface area contributed by atoms with E-state index >= 15 is 0 Å². The van der Waals surface area contributed by atoms with Crippen molar-refractivity contribution in [3.63, 3.8) is 0 Å². The molecular weight excluding hydrogens is 214 g/mol. The maximum atomic E-state index is 5.90. The van der Waals surface area contributed by atoms with Crippen LogP contribution in [-0.4, -0.2) is 13.4 Å². The first-order valence-electron chi connectivity index (χ1n) is 4.15. The third-order valence-corrected chi connectivity index (χ3v) is 3.81. The molecule has 0 bridgehead atoms. The average molecular weight is 225 g/mol. The van der Waals surface area contributed by atoms with Crippen LogP contribution >= 0.6 is 23.1 Å². The summed E-state index contributed by atoms with van der Waals surface area (Å²) < 4.78 is 6.41. The van der Waals surface area contributed by atoms with Crippen LogP contribution in [0.2, 0.25) is 0 Å². The van der Waals surface area contributed by atoms with Gasteiger partial charge in [-0.1, -0.05) is 0 Å². The van der Waals surface area contributed by atoms with Crippen LogP contribution in [0.15, 0.2) is 22.4 Å². The zero-order chi connectivity index (χ0) is 10.1. The van der Waals surface area contributed by atoms with Crippen molar-refractivity contribution in [1.82, 2.24) is 0 Å². The fourth-order valence-electron chi connectivity index (χ4n) is 1.41. The summed E-state index contributed by atoms with van der Waals surface area (Å²) in [6, 6.07) is 4.05. The van der Waals surface area contributed by atoms with Gasteiger partial charge in [0.05, 0.1) is 12.8 Å². The number of thiophene rings is 1. The fraction of sp³-hybridized carbons (Fsp3) is 0.200. The Morgan fingerprint density at radius 1 is 1.43 bits per heavy atom. The summed E-state index contributed by atoms with van der Waals surface area (Å²) in [5, 5.41) is 3.13. The lowest BCUT2D eigenvalue weighted by atomic mass is 10.2. The molecule has 0 aliphatic rings. The zero-order valence-electron chi connectivity index (χ0n) is 8.03. The van der Waals surface area contributed by atoms with E-state index in [1.807, 2.05) is 23.8 Å². The molecule has 2 rings (SSSR count). The monoisotopic (exact) mass is 225 g/mol. The highest BCUT2D eigenvalue weighted by Crippen LogP contribution is 2.38.